The quantitative estimate of drug-likeness (QED) is 0.778. The predicted octanol–water partition coefficient (Wildman–Crippen LogP) is 2.08. The molecule has 1 saturated carbocycles. The minimum Gasteiger partial charge on any atom is -0.345 e. The average molecular weight is 283 g/mol. The van der Waals surface area contributed by atoms with Gasteiger partial charge in [0, 0.05) is 25.7 Å². The van der Waals surface area contributed by atoms with Crippen LogP contribution in [0.3, 0.4) is 0 Å². The molecule has 1 rings (SSSR count). The molecular weight excluding hydrogens is 250 g/mol. The van der Waals surface area contributed by atoms with E-state index in [4.69, 9.17) is 5.73 Å². The number of hydrogen-bond donors (Lipinski definition) is 1. The van der Waals surface area contributed by atoms with E-state index in [1.807, 2.05) is 14.0 Å². The van der Waals surface area contributed by atoms with Crippen molar-refractivity contribution in [3.05, 3.63) is 0 Å². The molecule has 0 aliphatic heterocycles. The van der Waals surface area contributed by atoms with Crippen molar-refractivity contribution in [3.8, 4) is 0 Å². The molecule has 20 heavy (non-hydrogen) atoms. The van der Waals surface area contributed by atoms with Gasteiger partial charge in [0.2, 0.25) is 5.91 Å². The van der Waals surface area contributed by atoms with Gasteiger partial charge in [0.1, 0.15) is 0 Å². The molecule has 4 nitrogen and oxygen atoms in total. The van der Waals surface area contributed by atoms with Crippen molar-refractivity contribution in [2.24, 2.45) is 11.7 Å². The molecule has 0 spiro atoms. The van der Waals surface area contributed by atoms with E-state index in [0.717, 1.165) is 31.8 Å². The van der Waals surface area contributed by atoms with Crippen molar-refractivity contribution in [2.45, 2.75) is 58.4 Å². The van der Waals surface area contributed by atoms with Crippen molar-refractivity contribution in [1.82, 2.24) is 9.80 Å². The zero-order valence-electron chi connectivity index (χ0n) is 13.8. The standard InChI is InChI=1S/C16H33N3O/c1-5-14-8-10-16(13-17,11-9-14)19(7-3)12-15(20)18(4)6-2/h14H,5-13,17H2,1-4H3. The Kier molecular flexibility index (Phi) is 6.96. The average Bonchev–Trinajstić information content (AvgIpc) is 2.51. The fourth-order valence-corrected chi connectivity index (χ4v) is 3.35. The molecule has 0 aromatic carbocycles. The zero-order valence-corrected chi connectivity index (χ0v) is 13.8. The van der Waals surface area contributed by atoms with Gasteiger partial charge in [-0.3, -0.25) is 9.69 Å². The van der Waals surface area contributed by atoms with Crippen LogP contribution < -0.4 is 5.73 Å². The van der Waals surface area contributed by atoms with Gasteiger partial charge in [0.25, 0.3) is 0 Å². The molecule has 0 bridgehead atoms. The summed E-state index contributed by atoms with van der Waals surface area (Å²) in [4.78, 5) is 16.3. The van der Waals surface area contributed by atoms with Crippen molar-refractivity contribution in [3.63, 3.8) is 0 Å². The van der Waals surface area contributed by atoms with Gasteiger partial charge in [-0.25, -0.2) is 0 Å². The van der Waals surface area contributed by atoms with E-state index in [1.54, 1.807) is 4.90 Å². The molecule has 1 aliphatic carbocycles. The highest BCUT2D eigenvalue weighted by Crippen LogP contribution is 2.37. The van der Waals surface area contributed by atoms with Crippen LogP contribution in [0, 0.1) is 5.92 Å². The second kappa shape index (κ2) is 7.99. The highest BCUT2D eigenvalue weighted by molar-refractivity contribution is 5.78. The summed E-state index contributed by atoms with van der Waals surface area (Å²) >= 11 is 0. The maximum atomic E-state index is 12.2. The SMILES string of the molecule is CCC1CCC(CN)(N(CC)CC(=O)N(C)CC)CC1. The van der Waals surface area contributed by atoms with Crippen LogP contribution in [0.2, 0.25) is 0 Å². The monoisotopic (exact) mass is 283 g/mol. The van der Waals surface area contributed by atoms with E-state index in [2.05, 4.69) is 18.7 Å². The number of rotatable bonds is 7. The third kappa shape index (κ3) is 3.95. The largest absolute Gasteiger partial charge is 0.345 e. The van der Waals surface area contributed by atoms with Gasteiger partial charge in [-0.1, -0.05) is 20.3 Å². The topological polar surface area (TPSA) is 49.6 Å². The van der Waals surface area contributed by atoms with Gasteiger partial charge < -0.3 is 10.6 Å². The summed E-state index contributed by atoms with van der Waals surface area (Å²) in [6.45, 7) is 9.27. The van der Waals surface area contributed by atoms with Crippen molar-refractivity contribution in [2.75, 3.05) is 33.2 Å². The van der Waals surface area contributed by atoms with Gasteiger partial charge in [-0.2, -0.15) is 0 Å². The van der Waals surface area contributed by atoms with E-state index in [9.17, 15) is 4.79 Å². The minimum atomic E-state index is 0.0463. The van der Waals surface area contributed by atoms with Crippen LogP contribution in [0.1, 0.15) is 52.9 Å². The lowest BCUT2D eigenvalue weighted by Gasteiger charge is -2.47. The lowest BCUT2D eigenvalue weighted by atomic mass is 9.74. The smallest absolute Gasteiger partial charge is 0.236 e. The number of nitrogens with two attached hydrogens (primary N) is 1. The fourth-order valence-electron chi connectivity index (χ4n) is 3.35. The van der Waals surface area contributed by atoms with Gasteiger partial charge in [0.15, 0.2) is 0 Å². The summed E-state index contributed by atoms with van der Waals surface area (Å²) < 4.78 is 0. The summed E-state index contributed by atoms with van der Waals surface area (Å²) in [6.07, 6.45) is 6.05. The lowest BCUT2D eigenvalue weighted by Crippen LogP contribution is -2.58. The molecule has 0 radical (unpaired) electrons. The molecule has 0 unspecified atom stereocenters. The Morgan fingerprint density at radius 3 is 2.20 bits per heavy atom. The number of nitrogens with zero attached hydrogens (tertiary/aromatic N) is 2. The molecule has 118 valence electrons. The highest BCUT2D eigenvalue weighted by atomic mass is 16.2. The molecule has 0 atom stereocenters. The minimum absolute atomic E-state index is 0.0463. The van der Waals surface area contributed by atoms with Gasteiger partial charge >= 0.3 is 0 Å². The zero-order chi connectivity index (χ0) is 15.2. The second-order valence-corrected chi connectivity index (χ2v) is 6.20. The Bertz CT molecular complexity index is 298. The third-order valence-electron chi connectivity index (χ3n) is 5.27. The number of hydrogen-bond acceptors (Lipinski definition) is 3. The van der Waals surface area contributed by atoms with Crippen LogP contribution >= 0.6 is 0 Å². The third-order valence-corrected chi connectivity index (χ3v) is 5.27. The maximum absolute atomic E-state index is 12.2. The number of carbonyl (C=O) groups excluding carboxylic acids is 1. The van der Waals surface area contributed by atoms with E-state index >= 15 is 0 Å². The van der Waals surface area contributed by atoms with Crippen LogP contribution in [0.15, 0.2) is 0 Å². The number of likely N-dealkylation sites (N-methyl/N-ethyl adjacent to an activating group) is 2. The molecule has 0 saturated heterocycles. The normalized spacial score (nSPS) is 26.8. The van der Waals surface area contributed by atoms with Crippen LogP contribution in [0.4, 0.5) is 0 Å². The van der Waals surface area contributed by atoms with E-state index in [-0.39, 0.29) is 11.4 Å². The number of carbonyl (C=O) groups is 1. The Morgan fingerprint density at radius 2 is 1.80 bits per heavy atom. The molecule has 0 aromatic rings. The van der Waals surface area contributed by atoms with E-state index < -0.39 is 0 Å². The molecule has 4 heteroatoms. The van der Waals surface area contributed by atoms with Gasteiger partial charge in [-0.05, 0) is 45.1 Å². The Hall–Kier alpha value is -0.610. The maximum Gasteiger partial charge on any atom is 0.236 e. The van der Waals surface area contributed by atoms with Crippen LogP contribution in [-0.4, -0.2) is 54.5 Å². The van der Waals surface area contributed by atoms with E-state index in [0.29, 0.717) is 13.1 Å². The molecule has 0 heterocycles. The first-order valence-electron chi connectivity index (χ1n) is 8.22. The molecule has 1 aliphatic rings. The summed E-state index contributed by atoms with van der Waals surface area (Å²) in [5, 5.41) is 0. The van der Waals surface area contributed by atoms with Crippen LogP contribution in [0.25, 0.3) is 0 Å². The van der Waals surface area contributed by atoms with Crippen LogP contribution in [0.5, 0.6) is 0 Å². The molecule has 0 aromatic heterocycles. The summed E-state index contributed by atoms with van der Waals surface area (Å²) in [7, 11) is 1.87. The van der Waals surface area contributed by atoms with Crippen molar-refractivity contribution < 1.29 is 4.79 Å². The van der Waals surface area contributed by atoms with Crippen molar-refractivity contribution >= 4 is 5.91 Å². The second-order valence-electron chi connectivity index (χ2n) is 6.20. The predicted molar refractivity (Wildman–Crippen MR) is 84.6 cm³/mol. The lowest BCUT2D eigenvalue weighted by molar-refractivity contribution is -0.133. The molecular formula is C16H33N3O. The highest BCUT2D eigenvalue weighted by Gasteiger charge is 2.39. The summed E-state index contributed by atoms with van der Waals surface area (Å²) in [6, 6.07) is 0. The number of amides is 1. The fraction of sp³-hybridized carbons (Fsp3) is 0.938. The first kappa shape index (κ1) is 17.4. The first-order valence-corrected chi connectivity index (χ1v) is 8.22. The summed E-state index contributed by atoms with van der Waals surface area (Å²) in [5.41, 5.74) is 6.17. The molecule has 2 N–H and O–H groups in total. The Labute approximate surface area is 124 Å². The molecule has 1 amide bonds. The Morgan fingerprint density at radius 1 is 1.20 bits per heavy atom. The molecule has 1 fully saturated rings. The first-order chi connectivity index (χ1) is 9.52. The van der Waals surface area contributed by atoms with Crippen molar-refractivity contribution in [1.29, 1.82) is 0 Å². The van der Waals surface area contributed by atoms with Gasteiger partial charge in [-0.15, -0.1) is 0 Å². The van der Waals surface area contributed by atoms with Gasteiger partial charge in [0.05, 0.1) is 6.54 Å². The van der Waals surface area contributed by atoms with E-state index in [1.165, 1.54) is 19.3 Å². The summed E-state index contributed by atoms with van der Waals surface area (Å²) in [5.74, 6) is 1.06. The Balaban J connectivity index is 2.72. The van der Waals surface area contributed by atoms with Crippen LogP contribution in [-0.2, 0) is 4.79 Å².